The highest BCUT2D eigenvalue weighted by Crippen LogP contribution is 2.64. The molecule has 9 aromatic carbocycles. The molecular formula is C59H36N2OS. The van der Waals surface area contributed by atoms with E-state index in [1.807, 2.05) is 36.0 Å². The molecule has 0 bridgehead atoms. The summed E-state index contributed by atoms with van der Waals surface area (Å²) in [5.41, 5.74) is 18.6. The highest BCUT2D eigenvalue weighted by molar-refractivity contribution is 7.99. The van der Waals surface area contributed by atoms with Gasteiger partial charge in [-0.15, -0.1) is 0 Å². The van der Waals surface area contributed by atoms with Gasteiger partial charge in [0.05, 0.1) is 16.8 Å². The number of hydrogen-bond acceptors (Lipinski definition) is 4. The first-order chi connectivity index (χ1) is 31.2. The molecule has 2 aliphatic rings. The minimum atomic E-state index is -0.521. The summed E-state index contributed by atoms with van der Waals surface area (Å²) in [5.74, 6) is 0.709. The van der Waals surface area contributed by atoms with Crippen molar-refractivity contribution in [2.24, 2.45) is 0 Å². The molecule has 0 radical (unpaired) electrons. The van der Waals surface area contributed by atoms with Gasteiger partial charge in [-0.05, 0) is 104 Å². The highest BCUT2D eigenvalue weighted by Gasteiger charge is 2.51. The Balaban J connectivity index is 0.957. The second kappa shape index (κ2) is 14.1. The molecule has 294 valence electrons. The summed E-state index contributed by atoms with van der Waals surface area (Å²) in [7, 11) is 0. The first-order valence-electron chi connectivity index (χ1n) is 21.4. The van der Waals surface area contributed by atoms with E-state index in [-0.39, 0.29) is 0 Å². The fraction of sp³-hybridized carbons (Fsp3) is 0.0169. The van der Waals surface area contributed by atoms with Crippen LogP contribution in [0.4, 0.5) is 0 Å². The van der Waals surface area contributed by atoms with Crippen molar-refractivity contribution in [1.82, 2.24) is 9.97 Å². The molecule has 0 N–H and O–H groups in total. The molecule has 63 heavy (non-hydrogen) atoms. The van der Waals surface area contributed by atoms with Crippen LogP contribution >= 0.6 is 11.8 Å². The molecule has 4 heteroatoms. The zero-order chi connectivity index (χ0) is 41.5. The molecular weight excluding hydrogens is 785 g/mol. The van der Waals surface area contributed by atoms with E-state index in [1.165, 1.54) is 59.7 Å². The van der Waals surface area contributed by atoms with Gasteiger partial charge < -0.3 is 4.42 Å². The third-order valence-electron chi connectivity index (χ3n) is 13.0. The first-order valence-corrected chi connectivity index (χ1v) is 22.2. The molecule has 1 aliphatic heterocycles. The van der Waals surface area contributed by atoms with E-state index < -0.39 is 5.41 Å². The fourth-order valence-corrected chi connectivity index (χ4v) is 11.4. The Morgan fingerprint density at radius 2 is 0.952 bits per heavy atom. The minimum absolute atomic E-state index is 0.521. The van der Waals surface area contributed by atoms with Crippen LogP contribution in [0.1, 0.15) is 22.3 Å². The molecule has 3 nitrogen and oxygen atoms in total. The number of benzene rings is 9. The van der Waals surface area contributed by atoms with Crippen LogP contribution in [0.5, 0.6) is 0 Å². The standard InChI is InChI=1S/C59H36N2OS/c1-3-15-37(16-4-1)50-36-51(61-58(60-50)38-17-5-2-6-18-38)43-22-14-21-41(34-43)39-19-13-20-40(33-39)42-29-32-55-49(35-42)59(47-26-10-12-28-54(47)63-55)46-25-9-7-23-44(46)56-48(59)30-31-53-57(56)45-24-8-11-27-52(45)62-53/h1-36H. The lowest BCUT2D eigenvalue weighted by Crippen LogP contribution is -2.32. The molecule has 1 unspecified atom stereocenters. The summed E-state index contributed by atoms with van der Waals surface area (Å²) in [6.07, 6.45) is 0. The van der Waals surface area contributed by atoms with E-state index >= 15 is 0 Å². The number of rotatable bonds is 5. The number of aromatic nitrogens is 2. The van der Waals surface area contributed by atoms with Crippen molar-refractivity contribution in [1.29, 1.82) is 0 Å². The van der Waals surface area contributed by atoms with Gasteiger partial charge in [-0.3, -0.25) is 0 Å². The Labute approximate surface area is 369 Å². The second-order valence-corrected chi connectivity index (χ2v) is 17.5. The molecule has 0 fully saturated rings. The number of hydrogen-bond donors (Lipinski definition) is 0. The van der Waals surface area contributed by atoms with Crippen LogP contribution in [0.15, 0.2) is 233 Å². The van der Waals surface area contributed by atoms with E-state index in [2.05, 4.69) is 194 Å². The lowest BCUT2D eigenvalue weighted by molar-refractivity contribution is 0.668. The van der Waals surface area contributed by atoms with E-state index in [0.717, 1.165) is 55.8 Å². The summed E-state index contributed by atoms with van der Waals surface area (Å²) in [6, 6.07) is 78.5. The Bertz CT molecular complexity index is 3550. The number of para-hydroxylation sites is 1. The van der Waals surface area contributed by atoms with Crippen molar-refractivity contribution in [3.8, 4) is 67.3 Å². The molecule has 1 aliphatic carbocycles. The Kier molecular flexibility index (Phi) is 8.06. The Hall–Kier alpha value is -7.79. The van der Waals surface area contributed by atoms with Crippen molar-refractivity contribution in [2.45, 2.75) is 15.2 Å². The summed E-state index contributed by atoms with van der Waals surface area (Å²) in [4.78, 5) is 12.7. The van der Waals surface area contributed by atoms with E-state index in [0.29, 0.717) is 5.82 Å². The second-order valence-electron chi connectivity index (χ2n) is 16.4. The van der Waals surface area contributed by atoms with Crippen LogP contribution in [0, 0.1) is 0 Å². The SMILES string of the molecule is c1ccc(-c2cc(-c3cccc(-c4cccc(-c5ccc6c(c5)C5(c7ccccc7S6)c6ccccc6-c6c5ccc5oc7ccccc7c65)c4)c3)nc(-c3ccccc3)n2)cc1. The molecule has 0 amide bonds. The molecule has 13 rings (SSSR count). The third-order valence-corrected chi connectivity index (χ3v) is 14.1. The van der Waals surface area contributed by atoms with Crippen LogP contribution in [0.3, 0.4) is 0 Å². The van der Waals surface area contributed by atoms with Gasteiger partial charge in [-0.25, -0.2) is 9.97 Å². The molecule has 0 saturated carbocycles. The zero-order valence-electron chi connectivity index (χ0n) is 34.0. The van der Waals surface area contributed by atoms with E-state index in [1.54, 1.807) is 0 Å². The summed E-state index contributed by atoms with van der Waals surface area (Å²) in [5, 5.41) is 2.34. The van der Waals surface area contributed by atoms with E-state index in [9.17, 15) is 0 Å². The fourth-order valence-electron chi connectivity index (χ4n) is 10.2. The van der Waals surface area contributed by atoms with Gasteiger partial charge in [-0.1, -0.05) is 182 Å². The van der Waals surface area contributed by atoms with Crippen LogP contribution in [0.2, 0.25) is 0 Å². The highest BCUT2D eigenvalue weighted by atomic mass is 32.2. The van der Waals surface area contributed by atoms with Gasteiger partial charge >= 0.3 is 0 Å². The quantitative estimate of drug-likeness (QED) is 0.173. The number of fused-ring (bicyclic) bond motifs is 13. The Morgan fingerprint density at radius 3 is 1.75 bits per heavy atom. The lowest BCUT2D eigenvalue weighted by Gasteiger charge is -2.40. The van der Waals surface area contributed by atoms with Crippen molar-refractivity contribution in [2.75, 3.05) is 0 Å². The lowest BCUT2D eigenvalue weighted by atomic mass is 9.67. The molecule has 3 heterocycles. The maximum Gasteiger partial charge on any atom is 0.160 e. The van der Waals surface area contributed by atoms with Crippen LogP contribution < -0.4 is 0 Å². The normalized spacial score (nSPS) is 14.7. The van der Waals surface area contributed by atoms with Gasteiger partial charge in [-0.2, -0.15) is 0 Å². The van der Waals surface area contributed by atoms with Gasteiger partial charge in [0.25, 0.3) is 0 Å². The largest absolute Gasteiger partial charge is 0.456 e. The van der Waals surface area contributed by atoms with E-state index in [4.69, 9.17) is 14.4 Å². The van der Waals surface area contributed by atoms with Crippen LogP contribution in [-0.2, 0) is 5.41 Å². The van der Waals surface area contributed by atoms with Gasteiger partial charge in [0.1, 0.15) is 11.2 Å². The first kappa shape index (κ1) is 35.9. The monoisotopic (exact) mass is 820 g/mol. The predicted octanol–water partition coefficient (Wildman–Crippen LogP) is 15.5. The smallest absolute Gasteiger partial charge is 0.160 e. The predicted molar refractivity (Wildman–Crippen MR) is 258 cm³/mol. The van der Waals surface area contributed by atoms with Crippen molar-refractivity contribution < 1.29 is 4.42 Å². The molecule has 1 atom stereocenters. The van der Waals surface area contributed by atoms with Crippen molar-refractivity contribution >= 4 is 33.7 Å². The molecule has 1 spiro atoms. The average molecular weight is 821 g/mol. The van der Waals surface area contributed by atoms with Crippen LogP contribution in [-0.4, -0.2) is 9.97 Å². The molecule has 11 aromatic rings. The molecule has 2 aromatic heterocycles. The van der Waals surface area contributed by atoms with Crippen molar-refractivity contribution in [3.63, 3.8) is 0 Å². The summed E-state index contributed by atoms with van der Waals surface area (Å²) >= 11 is 1.87. The average Bonchev–Trinajstić information content (AvgIpc) is 3.88. The third kappa shape index (κ3) is 5.55. The number of nitrogens with zero attached hydrogens (tertiary/aromatic N) is 2. The maximum absolute atomic E-state index is 6.50. The van der Waals surface area contributed by atoms with Gasteiger partial charge in [0, 0.05) is 37.3 Å². The Morgan fingerprint density at radius 1 is 0.365 bits per heavy atom. The minimum Gasteiger partial charge on any atom is -0.456 e. The number of furan rings is 1. The topological polar surface area (TPSA) is 38.9 Å². The maximum atomic E-state index is 6.50. The van der Waals surface area contributed by atoms with Gasteiger partial charge in [0.15, 0.2) is 5.82 Å². The summed E-state index contributed by atoms with van der Waals surface area (Å²) in [6.45, 7) is 0. The van der Waals surface area contributed by atoms with Crippen LogP contribution in [0.25, 0.3) is 89.2 Å². The van der Waals surface area contributed by atoms with Crippen molar-refractivity contribution in [3.05, 3.63) is 241 Å². The summed E-state index contributed by atoms with van der Waals surface area (Å²) < 4.78 is 6.50. The van der Waals surface area contributed by atoms with Gasteiger partial charge in [0.2, 0.25) is 0 Å². The zero-order valence-corrected chi connectivity index (χ0v) is 34.8. The molecule has 0 saturated heterocycles.